The van der Waals surface area contributed by atoms with Gasteiger partial charge in [0.2, 0.25) is 0 Å². The third kappa shape index (κ3) is 6.63. The molecule has 39 heavy (non-hydrogen) atoms. The zero-order valence-corrected chi connectivity index (χ0v) is 22.0. The van der Waals surface area contributed by atoms with E-state index in [9.17, 15) is 9.90 Å². The second kappa shape index (κ2) is 12.6. The van der Waals surface area contributed by atoms with Crippen molar-refractivity contribution in [2.24, 2.45) is 0 Å². The lowest BCUT2D eigenvalue weighted by atomic mass is 9.94. The standard InChI is InChI=1S/C34H32O5/c1-37-32(34(35)36)23-25-11-16-29(17-12-25)38-19-20-39-33-30-10-6-5-9-27(30)14-15-28-22-26(13-18-31(28)33)21-24-7-3-2-4-8-24/h2-18,22,32-33H,19-21,23H2,1H3,(H,35,36). The first-order valence-corrected chi connectivity index (χ1v) is 13.1. The third-order valence-electron chi connectivity index (χ3n) is 6.95. The highest BCUT2D eigenvalue weighted by Gasteiger charge is 2.22. The Labute approximate surface area is 229 Å². The van der Waals surface area contributed by atoms with Crippen molar-refractivity contribution in [2.45, 2.75) is 25.0 Å². The van der Waals surface area contributed by atoms with E-state index in [1.54, 1.807) is 0 Å². The monoisotopic (exact) mass is 520 g/mol. The fourth-order valence-electron chi connectivity index (χ4n) is 4.91. The van der Waals surface area contributed by atoms with Crippen molar-refractivity contribution in [1.82, 2.24) is 0 Å². The van der Waals surface area contributed by atoms with Crippen LogP contribution in [-0.4, -0.2) is 37.5 Å². The maximum atomic E-state index is 11.2. The highest BCUT2D eigenvalue weighted by atomic mass is 16.5. The predicted octanol–water partition coefficient (Wildman–Crippen LogP) is 6.59. The summed E-state index contributed by atoms with van der Waals surface area (Å²) in [5.41, 5.74) is 8.02. The molecule has 5 heteroatoms. The summed E-state index contributed by atoms with van der Waals surface area (Å²) in [6.45, 7) is 0.805. The molecule has 0 radical (unpaired) electrons. The molecule has 0 fully saturated rings. The summed E-state index contributed by atoms with van der Waals surface area (Å²) >= 11 is 0. The topological polar surface area (TPSA) is 65.0 Å². The van der Waals surface area contributed by atoms with Crippen LogP contribution < -0.4 is 4.74 Å². The van der Waals surface area contributed by atoms with Crippen molar-refractivity contribution in [3.8, 4) is 5.75 Å². The van der Waals surface area contributed by atoms with Crippen molar-refractivity contribution in [1.29, 1.82) is 0 Å². The van der Waals surface area contributed by atoms with E-state index in [0.717, 1.165) is 34.2 Å². The van der Waals surface area contributed by atoms with Crippen molar-refractivity contribution < 1.29 is 24.1 Å². The van der Waals surface area contributed by atoms with Crippen LogP contribution >= 0.6 is 0 Å². The summed E-state index contributed by atoms with van der Waals surface area (Å²) in [4.78, 5) is 11.2. The lowest BCUT2D eigenvalue weighted by Gasteiger charge is -2.22. The molecule has 0 aliphatic heterocycles. The highest BCUT2D eigenvalue weighted by Crippen LogP contribution is 2.36. The van der Waals surface area contributed by atoms with E-state index < -0.39 is 12.1 Å². The predicted molar refractivity (Wildman–Crippen MR) is 153 cm³/mol. The lowest BCUT2D eigenvalue weighted by Crippen LogP contribution is -2.24. The Kier molecular flexibility index (Phi) is 8.51. The number of benzene rings is 4. The minimum atomic E-state index is -0.973. The molecule has 1 aliphatic carbocycles. The molecule has 0 spiro atoms. The molecule has 0 amide bonds. The van der Waals surface area contributed by atoms with Crippen LogP contribution in [0.3, 0.4) is 0 Å². The maximum Gasteiger partial charge on any atom is 0.333 e. The van der Waals surface area contributed by atoms with Gasteiger partial charge in [-0.05, 0) is 57.5 Å². The van der Waals surface area contributed by atoms with E-state index >= 15 is 0 Å². The van der Waals surface area contributed by atoms with Crippen molar-refractivity contribution >= 4 is 18.1 Å². The van der Waals surface area contributed by atoms with E-state index in [1.807, 2.05) is 36.4 Å². The molecule has 4 aromatic carbocycles. The number of aliphatic carboxylic acids is 1. The molecule has 0 saturated carbocycles. The molecule has 1 N–H and O–H groups in total. The van der Waals surface area contributed by atoms with Crippen LogP contribution in [0.2, 0.25) is 0 Å². The van der Waals surface area contributed by atoms with Gasteiger partial charge in [-0.15, -0.1) is 0 Å². The molecule has 2 atom stereocenters. The van der Waals surface area contributed by atoms with Crippen LogP contribution in [0.1, 0.15) is 45.0 Å². The van der Waals surface area contributed by atoms with Gasteiger partial charge in [-0.1, -0.05) is 97.1 Å². The van der Waals surface area contributed by atoms with E-state index in [4.69, 9.17) is 14.2 Å². The molecule has 2 unspecified atom stereocenters. The number of rotatable bonds is 11. The first kappa shape index (κ1) is 26.4. The highest BCUT2D eigenvalue weighted by molar-refractivity contribution is 5.76. The van der Waals surface area contributed by atoms with Gasteiger partial charge in [0.15, 0.2) is 6.10 Å². The van der Waals surface area contributed by atoms with Gasteiger partial charge < -0.3 is 19.3 Å². The smallest absolute Gasteiger partial charge is 0.333 e. The summed E-state index contributed by atoms with van der Waals surface area (Å²) in [5.74, 6) is -0.264. The lowest BCUT2D eigenvalue weighted by molar-refractivity contribution is -0.148. The number of carbonyl (C=O) groups is 1. The second-order valence-electron chi connectivity index (χ2n) is 9.60. The zero-order chi connectivity index (χ0) is 27.0. The first-order chi connectivity index (χ1) is 19.1. The Morgan fingerprint density at radius 2 is 1.46 bits per heavy atom. The summed E-state index contributed by atoms with van der Waals surface area (Å²) in [6, 6.07) is 32.9. The van der Waals surface area contributed by atoms with E-state index in [1.165, 1.54) is 18.2 Å². The normalized spacial score (nSPS) is 14.6. The molecule has 5 nitrogen and oxygen atoms in total. The van der Waals surface area contributed by atoms with Crippen molar-refractivity contribution in [3.63, 3.8) is 0 Å². The number of ether oxygens (including phenoxy) is 3. The minimum Gasteiger partial charge on any atom is -0.491 e. The molecule has 0 saturated heterocycles. The number of hydrogen-bond donors (Lipinski definition) is 1. The van der Waals surface area contributed by atoms with E-state index in [-0.39, 0.29) is 6.10 Å². The number of carboxylic acid groups (broad SMARTS) is 1. The molecule has 0 aromatic heterocycles. The van der Waals surface area contributed by atoms with E-state index in [0.29, 0.717) is 25.4 Å². The molecular formula is C34H32O5. The molecule has 5 rings (SSSR count). The Hall–Kier alpha value is -4.19. The Morgan fingerprint density at radius 1 is 0.769 bits per heavy atom. The van der Waals surface area contributed by atoms with Crippen molar-refractivity contribution in [2.75, 3.05) is 20.3 Å². The number of carboxylic acids is 1. The van der Waals surface area contributed by atoms with Gasteiger partial charge in [-0.25, -0.2) is 4.79 Å². The van der Waals surface area contributed by atoms with Gasteiger partial charge in [0.05, 0.1) is 6.61 Å². The fourth-order valence-corrected chi connectivity index (χ4v) is 4.91. The van der Waals surface area contributed by atoms with Crippen LogP contribution in [0.4, 0.5) is 0 Å². The van der Waals surface area contributed by atoms with Crippen LogP contribution in [0.25, 0.3) is 12.2 Å². The average molecular weight is 521 g/mol. The number of methoxy groups -OCH3 is 1. The summed E-state index contributed by atoms with van der Waals surface area (Å²) < 4.78 is 17.4. The van der Waals surface area contributed by atoms with Crippen molar-refractivity contribution in [3.05, 3.63) is 136 Å². The maximum absolute atomic E-state index is 11.2. The number of fused-ring (bicyclic) bond motifs is 2. The van der Waals surface area contributed by atoms with Gasteiger partial charge >= 0.3 is 5.97 Å². The Morgan fingerprint density at radius 3 is 2.23 bits per heavy atom. The molecule has 198 valence electrons. The molecule has 1 aliphatic rings. The Bertz CT molecular complexity index is 1430. The van der Waals surface area contributed by atoms with Gasteiger partial charge in [-0.3, -0.25) is 0 Å². The van der Waals surface area contributed by atoms with Crippen LogP contribution in [0.15, 0.2) is 97.1 Å². The third-order valence-corrected chi connectivity index (χ3v) is 6.95. The molecule has 0 heterocycles. The summed E-state index contributed by atoms with van der Waals surface area (Å²) in [7, 11) is 1.40. The van der Waals surface area contributed by atoms with Crippen LogP contribution in [0, 0.1) is 0 Å². The van der Waals surface area contributed by atoms with Crippen LogP contribution in [-0.2, 0) is 27.1 Å². The zero-order valence-electron chi connectivity index (χ0n) is 22.0. The minimum absolute atomic E-state index is 0.204. The second-order valence-corrected chi connectivity index (χ2v) is 9.60. The molecular weight excluding hydrogens is 488 g/mol. The largest absolute Gasteiger partial charge is 0.491 e. The first-order valence-electron chi connectivity index (χ1n) is 13.1. The summed E-state index contributed by atoms with van der Waals surface area (Å²) in [6.07, 6.45) is 4.47. The summed E-state index contributed by atoms with van der Waals surface area (Å²) in [5, 5.41) is 9.19. The van der Waals surface area contributed by atoms with Gasteiger partial charge in [-0.2, -0.15) is 0 Å². The van der Waals surface area contributed by atoms with Crippen LogP contribution in [0.5, 0.6) is 5.75 Å². The fraction of sp³-hybridized carbons (Fsp3) is 0.206. The molecule has 4 aromatic rings. The van der Waals surface area contributed by atoms with Gasteiger partial charge in [0.25, 0.3) is 0 Å². The number of hydrogen-bond acceptors (Lipinski definition) is 4. The average Bonchev–Trinajstić information content (AvgIpc) is 3.11. The Balaban J connectivity index is 1.25. The molecule has 0 bridgehead atoms. The SMILES string of the molecule is COC(Cc1ccc(OCCOC2c3ccccc3C=Cc3cc(Cc4ccccc4)ccc32)cc1)C(=O)O. The van der Waals surface area contributed by atoms with E-state index in [2.05, 4.69) is 72.8 Å². The quantitative estimate of drug-likeness (QED) is 0.226. The van der Waals surface area contributed by atoms with Gasteiger partial charge in [0.1, 0.15) is 18.5 Å². The van der Waals surface area contributed by atoms with Gasteiger partial charge in [0, 0.05) is 13.5 Å².